The number of aromatic nitrogens is 1. The van der Waals surface area contributed by atoms with E-state index in [0.717, 1.165) is 11.3 Å². The first-order chi connectivity index (χ1) is 16.9. The number of hydrogen-bond acceptors (Lipinski definition) is 11. The third-order valence-corrected chi connectivity index (χ3v) is 5.09. The minimum Gasteiger partial charge on any atom is -0.476 e. The first kappa shape index (κ1) is 29.8. The SMILES string of the molecule is CC(C)COC(=O)C1(O/N=C(\C(=O)O)c2csc(NC(=O)OC(C)(C)C)n2)CN(C(=O)OC(C)(C)C)C1. The average molecular weight is 543 g/mol. The van der Waals surface area contributed by atoms with Crippen LogP contribution in [-0.4, -0.2) is 81.3 Å². The van der Waals surface area contributed by atoms with E-state index in [1.807, 2.05) is 13.8 Å². The topological polar surface area (TPSA) is 166 Å². The Morgan fingerprint density at radius 2 is 1.73 bits per heavy atom. The first-order valence-corrected chi connectivity index (χ1v) is 12.4. The Morgan fingerprint density at radius 1 is 1.14 bits per heavy atom. The number of anilines is 1. The van der Waals surface area contributed by atoms with Crippen LogP contribution < -0.4 is 5.32 Å². The highest BCUT2D eigenvalue weighted by Gasteiger charge is 2.57. The predicted octanol–water partition coefficient (Wildman–Crippen LogP) is 3.48. The van der Waals surface area contributed by atoms with E-state index in [1.165, 1.54) is 10.3 Å². The van der Waals surface area contributed by atoms with Crippen molar-refractivity contribution in [1.29, 1.82) is 0 Å². The van der Waals surface area contributed by atoms with Crippen molar-refractivity contribution in [3.8, 4) is 0 Å². The number of carboxylic acids is 1. The van der Waals surface area contributed by atoms with E-state index in [2.05, 4.69) is 15.5 Å². The summed E-state index contributed by atoms with van der Waals surface area (Å²) in [6.07, 6.45) is -1.43. The zero-order chi connectivity index (χ0) is 28.2. The average Bonchev–Trinajstić information content (AvgIpc) is 3.12. The number of aliphatic carboxylic acids is 1. The van der Waals surface area contributed by atoms with E-state index in [1.54, 1.807) is 41.5 Å². The summed E-state index contributed by atoms with van der Waals surface area (Å²) >= 11 is 0.946. The number of ether oxygens (including phenoxy) is 3. The van der Waals surface area contributed by atoms with Crippen LogP contribution in [0.1, 0.15) is 61.1 Å². The fraction of sp³-hybridized carbons (Fsp3) is 0.652. The molecule has 2 amide bonds. The number of amides is 2. The van der Waals surface area contributed by atoms with Crippen LogP contribution in [0.25, 0.3) is 0 Å². The van der Waals surface area contributed by atoms with Crippen molar-refractivity contribution < 1.29 is 43.3 Å². The maximum atomic E-state index is 12.8. The summed E-state index contributed by atoms with van der Waals surface area (Å²) in [5.41, 5.74) is -3.93. The van der Waals surface area contributed by atoms with Crippen molar-refractivity contribution in [2.75, 3.05) is 25.0 Å². The molecule has 1 aromatic rings. The predicted molar refractivity (Wildman–Crippen MR) is 134 cm³/mol. The molecule has 2 heterocycles. The van der Waals surface area contributed by atoms with Gasteiger partial charge in [-0.05, 0) is 47.5 Å². The number of oxime groups is 1. The Labute approximate surface area is 219 Å². The van der Waals surface area contributed by atoms with Crippen LogP contribution in [0.3, 0.4) is 0 Å². The van der Waals surface area contributed by atoms with Gasteiger partial charge in [0.2, 0.25) is 5.71 Å². The van der Waals surface area contributed by atoms with Crippen molar-refractivity contribution in [1.82, 2.24) is 9.88 Å². The largest absolute Gasteiger partial charge is 0.476 e. The number of nitrogens with zero attached hydrogens (tertiary/aromatic N) is 3. The molecule has 0 atom stereocenters. The molecule has 0 bridgehead atoms. The lowest BCUT2D eigenvalue weighted by Crippen LogP contribution is -2.69. The normalized spacial score (nSPS) is 15.5. The monoisotopic (exact) mass is 542 g/mol. The molecule has 0 aliphatic carbocycles. The Morgan fingerprint density at radius 3 is 2.24 bits per heavy atom. The smallest absolute Gasteiger partial charge is 0.413 e. The highest BCUT2D eigenvalue weighted by Crippen LogP contribution is 2.30. The molecule has 1 aliphatic rings. The van der Waals surface area contributed by atoms with Crippen LogP contribution in [0.4, 0.5) is 14.7 Å². The number of nitrogens with one attached hydrogen (secondary N) is 1. The number of hydrogen-bond donors (Lipinski definition) is 2. The molecule has 2 N–H and O–H groups in total. The minimum atomic E-state index is -1.72. The molecule has 206 valence electrons. The number of esters is 1. The molecule has 13 nitrogen and oxygen atoms in total. The number of carbonyl (C=O) groups excluding carboxylic acids is 3. The zero-order valence-corrected chi connectivity index (χ0v) is 23.1. The molecule has 14 heteroatoms. The first-order valence-electron chi connectivity index (χ1n) is 11.5. The number of carbonyl (C=O) groups is 4. The molecule has 0 spiro atoms. The molecule has 1 fully saturated rings. The van der Waals surface area contributed by atoms with Crippen molar-refractivity contribution in [3.63, 3.8) is 0 Å². The number of likely N-dealkylation sites (tertiary alicyclic amines) is 1. The van der Waals surface area contributed by atoms with E-state index in [-0.39, 0.29) is 36.4 Å². The van der Waals surface area contributed by atoms with Gasteiger partial charge in [0, 0.05) is 5.38 Å². The van der Waals surface area contributed by atoms with Crippen molar-refractivity contribution in [2.24, 2.45) is 11.1 Å². The van der Waals surface area contributed by atoms with Crippen LogP contribution in [0.5, 0.6) is 0 Å². The number of rotatable bonds is 8. The van der Waals surface area contributed by atoms with Crippen LogP contribution in [0, 0.1) is 5.92 Å². The van der Waals surface area contributed by atoms with E-state index in [4.69, 9.17) is 19.0 Å². The van der Waals surface area contributed by atoms with Crippen LogP contribution in [0.15, 0.2) is 10.5 Å². The summed E-state index contributed by atoms with van der Waals surface area (Å²) in [5.74, 6) is -2.24. The molecule has 0 radical (unpaired) electrons. The van der Waals surface area contributed by atoms with Gasteiger partial charge in [-0.3, -0.25) is 10.2 Å². The van der Waals surface area contributed by atoms with E-state index >= 15 is 0 Å². The van der Waals surface area contributed by atoms with Gasteiger partial charge in [-0.25, -0.2) is 24.2 Å². The maximum absolute atomic E-state index is 12.8. The molecule has 37 heavy (non-hydrogen) atoms. The second-order valence-electron chi connectivity index (χ2n) is 10.8. The van der Waals surface area contributed by atoms with Gasteiger partial charge in [0.05, 0.1) is 19.7 Å². The van der Waals surface area contributed by atoms with Gasteiger partial charge in [-0.15, -0.1) is 11.3 Å². The molecular weight excluding hydrogens is 508 g/mol. The van der Waals surface area contributed by atoms with Crippen molar-refractivity contribution >= 4 is 46.3 Å². The molecule has 1 aromatic heterocycles. The quantitative estimate of drug-likeness (QED) is 0.215. The van der Waals surface area contributed by atoms with Crippen LogP contribution in [0.2, 0.25) is 0 Å². The molecular formula is C23H34N4O9S. The van der Waals surface area contributed by atoms with E-state index < -0.39 is 46.6 Å². The standard InChI is InChI=1S/C23H34N4O9S/c1-13(2)9-33-17(30)23(11-27(12-23)20(32)35-22(6,7)8)36-26-15(16(28)29)14-10-37-18(24-14)25-19(31)34-21(3,4)5/h10,13H,9,11-12H2,1-8H3,(H,28,29)(H,24,25,31)/b26-15-. The highest BCUT2D eigenvalue weighted by molar-refractivity contribution is 7.14. The lowest BCUT2D eigenvalue weighted by atomic mass is 9.94. The van der Waals surface area contributed by atoms with E-state index in [0.29, 0.717) is 0 Å². The number of thiazole rings is 1. The summed E-state index contributed by atoms with van der Waals surface area (Å²) in [6.45, 7) is 13.5. The summed E-state index contributed by atoms with van der Waals surface area (Å²) in [6, 6.07) is 0. The van der Waals surface area contributed by atoms with Crippen molar-refractivity contribution in [3.05, 3.63) is 11.1 Å². The third kappa shape index (κ3) is 8.88. The minimum absolute atomic E-state index is 0.0343. The van der Waals surface area contributed by atoms with Crippen molar-refractivity contribution in [2.45, 2.75) is 72.2 Å². The molecule has 0 aromatic carbocycles. The lowest BCUT2D eigenvalue weighted by Gasteiger charge is -2.45. The fourth-order valence-corrected chi connectivity index (χ4v) is 3.46. The second-order valence-corrected chi connectivity index (χ2v) is 11.7. The fourth-order valence-electron chi connectivity index (χ4n) is 2.78. The summed E-state index contributed by atoms with van der Waals surface area (Å²) < 4.78 is 15.7. The highest BCUT2D eigenvalue weighted by atomic mass is 32.1. The summed E-state index contributed by atoms with van der Waals surface area (Å²) in [4.78, 5) is 59.8. The summed E-state index contributed by atoms with van der Waals surface area (Å²) in [5, 5.41) is 17.2. The van der Waals surface area contributed by atoms with Gasteiger partial charge < -0.3 is 24.2 Å². The van der Waals surface area contributed by atoms with Gasteiger partial charge in [-0.2, -0.15) is 0 Å². The molecule has 0 unspecified atom stereocenters. The van der Waals surface area contributed by atoms with Gasteiger partial charge >= 0.3 is 24.1 Å². The zero-order valence-electron chi connectivity index (χ0n) is 22.2. The second kappa shape index (κ2) is 11.3. The van der Waals surface area contributed by atoms with Gasteiger partial charge in [-0.1, -0.05) is 19.0 Å². The van der Waals surface area contributed by atoms with Crippen LogP contribution >= 0.6 is 11.3 Å². The Bertz CT molecular complexity index is 1050. The Balaban J connectivity index is 2.22. The number of carboxylic acid groups (broad SMARTS) is 1. The van der Waals surface area contributed by atoms with Gasteiger partial charge in [0.1, 0.15) is 16.9 Å². The third-order valence-electron chi connectivity index (χ3n) is 4.33. The molecule has 0 saturated carbocycles. The Hall–Kier alpha value is -3.42. The van der Waals surface area contributed by atoms with Gasteiger partial charge in [0.15, 0.2) is 5.13 Å². The van der Waals surface area contributed by atoms with Crippen LogP contribution in [-0.2, 0) is 28.6 Å². The molecule has 1 aliphatic heterocycles. The molecule has 2 rings (SSSR count). The summed E-state index contributed by atoms with van der Waals surface area (Å²) in [7, 11) is 0. The van der Waals surface area contributed by atoms with Gasteiger partial charge in [0.25, 0.3) is 5.60 Å². The maximum Gasteiger partial charge on any atom is 0.413 e. The lowest BCUT2D eigenvalue weighted by molar-refractivity contribution is -0.195. The Kier molecular flexibility index (Phi) is 9.12. The van der Waals surface area contributed by atoms with E-state index in [9.17, 15) is 24.3 Å². The molecule has 1 saturated heterocycles.